The second kappa shape index (κ2) is 5.91. The van der Waals surface area contributed by atoms with Gasteiger partial charge in [-0.1, -0.05) is 0 Å². The molecule has 0 atom stereocenters. The second-order valence-corrected chi connectivity index (χ2v) is 4.40. The fourth-order valence-electron chi connectivity index (χ4n) is 1.54. The smallest absolute Gasteiger partial charge is 0.254 e. The van der Waals surface area contributed by atoms with E-state index in [9.17, 15) is 13.6 Å². The van der Waals surface area contributed by atoms with Crippen molar-refractivity contribution >= 4 is 5.91 Å². The summed E-state index contributed by atoms with van der Waals surface area (Å²) in [5.41, 5.74) is -0.280. The first-order valence-electron chi connectivity index (χ1n) is 5.98. The van der Waals surface area contributed by atoms with E-state index in [-0.39, 0.29) is 5.56 Å². The van der Waals surface area contributed by atoms with Crippen LogP contribution in [0.1, 0.15) is 23.2 Å². The number of carbonyl (C=O) groups excluding carboxylic acids is 1. The van der Waals surface area contributed by atoms with Gasteiger partial charge in [0.05, 0.1) is 12.2 Å². The molecular weight excluding hydrogens is 240 g/mol. The summed E-state index contributed by atoms with van der Waals surface area (Å²) in [5.74, 6) is -1.32. The molecule has 2 rings (SSSR count). The molecule has 5 heteroatoms. The Labute approximate surface area is 104 Å². The number of hydrogen-bond acceptors (Lipinski definition) is 2. The normalized spacial score (nSPS) is 14.6. The van der Waals surface area contributed by atoms with Crippen LogP contribution in [0, 0.1) is 17.6 Å². The van der Waals surface area contributed by atoms with Crippen LogP contribution in [0.25, 0.3) is 0 Å². The molecule has 0 radical (unpaired) electrons. The molecule has 1 aromatic carbocycles. The predicted molar refractivity (Wildman–Crippen MR) is 62.2 cm³/mol. The fourth-order valence-corrected chi connectivity index (χ4v) is 1.54. The average Bonchev–Trinajstić information content (AvgIpc) is 3.15. The minimum absolute atomic E-state index is 0.280. The van der Waals surface area contributed by atoms with Gasteiger partial charge >= 0.3 is 0 Å². The summed E-state index contributed by atoms with van der Waals surface area (Å²) in [5, 5.41) is 2.49. The van der Waals surface area contributed by atoms with E-state index in [1.165, 1.54) is 12.8 Å². The van der Waals surface area contributed by atoms with Crippen molar-refractivity contribution in [1.82, 2.24) is 5.32 Å². The Hall–Kier alpha value is -1.49. The lowest BCUT2D eigenvalue weighted by atomic mass is 10.2. The number of halogens is 2. The lowest BCUT2D eigenvalue weighted by Gasteiger charge is -2.07. The Bertz CT molecular complexity index is 433. The van der Waals surface area contributed by atoms with Gasteiger partial charge in [0.15, 0.2) is 0 Å². The minimum atomic E-state index is -0.729. The first-order chi connectivity index (χ1) is 8.66. The van der Waals surface area contributed by atoms with E-state index in [1.807, 2.05) is 0 Å². The number of amides is 1. The van der Waals surface area contributed by atoms with Crippen LogP contribution in [-0.4, -0.2) is 25.7 Å². The van der Waals surface area contributed by atoms with E-state index in [4.69, 9.17) is 4.74 Å². The van der Waals surface area contributed by atoms with Crippen molar-refractivity contribution in [3.05, 3.63) is 35.4 Å². The lowest BCUT2D eigenvalue weighted by molar-refractivity contribution is 0.0902. The van der Waals surface area contributed by atoms with Gasteiger partial charge in [0.2, 0.25) is 0 Å². The maximum absolute atomic E-state index is 13.3. The summed E-state index contributed by atoms with van der Waals surface area (Å²) in [6, 6.07) is 2.80. The Morgan fingerprint density at radius 1 is 1.39 bits per heavy atom. The average molecular weight is 255 g/mol. The summed E-state index contributed by atoms with van der Waals surface area (Å²) in [4.78, 5) is 11.6. The van der Waals surface area contributed by atoms with Crippen molar-refractivity contribution in [3.63, 3.8) is 0 Å². The molecule has 0 saturated heterocycles. The highest BCUT2D eigenvalue weighted by atomic mass is 19.1. The van der Waals surface area contributed by atoms with Crippen LogP contribution in [0.15, 0.2) is 18.2 Å². The van der Waals surface area contributed by atoms with Crippen LogP contribution in [0.2, 0.25) is 0 Å². The fraction of sp³-hybridized carbons (Fsp3) is 0.462. The summed E-state index contributed by atoms with van der Waals surface area (Å²) in [6.07, 6.45) is 2.42. The zero-order valence-electron chi connectivity index (χ0n) is 9.92. The monoisotopic (exact) mass is 255 g/mol. The molecule has 1 saturated carbocycles. The van der Waals surface area contributed by atoms with Gasteiger partial charge < -0.3 is 10.1 Å². The van der Waals surface area contributed by atoms with Gasteiger partial charge in [-0.15, -0.1) is 0 Å². The summed E-state index contributed by atoms with van der Waals surface area (Å²) in [6.45, 7) is 1.39. The largest absolute Gasteiger partial charge is 0.379 e. The van der Waals surface area contributed by atoms with Gasteiger partial charge in [-0.05, 0) is 37.0 Å². The van der Waals surface area contributed by atoms with Gasteiger partial charge in [-0.3, -0.25) is 4.79 Å². The number of nitrogens with one attached hydrogen (secondary N) is 1. The third-order valence-corrected chi connectivity index (χ3v) is 2.76. The van der Waals surface area contributed by atoms with Crippen LogP contribution < -0.4 is 5.32 Å². The van der Waals surface area contributed by atoms with Gasteiger partial charge in [0.1, 0.15) is 11.6 Å². The molecule has 1 amide bonds. The third kappa shape index (κ3) is 3.77. The molecule has 98 valence electrons. The Balaban J connectivity index is 1.74. The highest BCUT2D eigenvalue weighted by Gasteiger charge is 2.21. The number of ether oxygens (including phenoxy) is 1. The van der Waals surface area contributed by atoms with Crippen LogP contribution in [0.3, 0.4) is 0 Å². The first kappa shape index (κ1) is 13.0. The lowest BCUT2D eigenvalue weighted by Crippen LogP contribution is -2.28. The van der Waals surface area contributed by atoms with Crippen LogP contribution in [-0.2, 0) is 4.74 Å². The summed E-state index contributed by atoms with van der Waals surface area (Å²) < 4.78 is 31.4. The molecule has 0 aromatic heterocycles. The topological polar surface area (TPSA) is 38.3 Å². The van der Waals surface area contributed by atoms with E-state index in [2.05, 4.69) is 5.32 Å². The van der Waals surface area contributed by atoms with E-state index >= 15 is 0 Å². The molecular formula is C13H15F2NO2. The molecule has 0 spiro atoms. The van der Waals surface area contributed by atoms with E-state index in [0.29, 0.717) is 25.7 Å². The summed E-state index contributed by atoms with van der Waals surface area (Å²) >= 11 is 0. The quantitative estimate of drug-likeness (QED) is 0.791. The van der Waals surface area contributed by atoms with Gasteiger partial charge in [0, 0.05) is 13.2 Å². The number of rotatable bonds is 6. The van der Waals surface area contributed by atoms with Crippen molar-refractivity contribution in [3.8, 4) is 0 Å². The molecule has 1 aromatic rings. The van der Waals surface area contributed by atoms with Crippen LogP contribution >= 0.6 is 0 Å². The standard InChI is InChI=1S/C13H15F2NO2/c14-10-3-4-12(15)11(7-10)13(17)16-5-6-18-8-9-1-2-9/h3-4,7,9H,1-2,5-6,8H2,(H,16,17). The van der Waals surface area contributed by atoms with E-state index < -0.39 is 17.5 Å². The summed E-state index contributed by atoms with van der Waals surface area (Å²) in [7, 11) is 0. The van der Waals surface area contributed by atoms with Gasteiger partial charge in [-0.25, -0.2) is 8.78 Å². The molecule has 1 fully saturated rings. The number of benzene rings is 1. The van der Waals surface area contributed by atoms with Crippen molar-refractivity contribution < 1.29 is 18.3 Å². The Morgan fingerprint density at radius 2 is 2.17 bits per heavy atom. The SMILES string of the molecule is O=C(NCCOCC1CC1)c1cc(F)ccc1F. The van der Waals surface area contributed by atoms with Crippen molar-refractivity contribution in [2.45, 2.75) is 12.8 Å². The maximum Gasteiger partial charge on any atom is 0.254 e. The minimum Gasteiger partial charge on any atom is -0.379 e. The third-order valence-electron chi connectivity index (χ3n) is 2.76. The highest BCUT2D eigenvalue weighted by molar-refractivity contribution is 5.94. The second-order valence-electron chi connectivity index (χ2n) is 4.40. The van der Waals surface area contributed by atoms with Crippen molar-refractivity contribution in [1.29, 1.82) is 0 Å². The van der Waals surface area contributed by atoms with Gasteiger partial charge in [0.25, 0.3) is 5.91 Å². The first-order valence-corrected chi connectivity index (χ1v) is 5.98. The van der Waals surface area contributed by atoms with Crippen LogP contribution in [0.5, 0.6) is 0 Å². The molecule has 3 nitrogen and oxygen atoms in total. The zero-order chi connectivity index (χ0) is 13.0. The number of hydrogen-bond donors (Lipinski definition) is 1. The zero-order valence-corrected chi connectivity index (χ0v) is 9.92. The molecule has 1 aliphatic rings. The predicted octanol–water partition coefficient (Wildman–Crippen LogP) is 2.12. The molecule has 0 aliphatic heterocycles. The van der Waals surface area contributed by atoms with Crippen molar-refractivity contribution in [2.24, 2.45) is 5.92 Å². The molecule has 1 N–H and O–H groups in total. The van der Waals surface area contributed by atoms with E-state index in [0.717, 1.165) is 18.2 Å². The molecule has 0 unspecified atom stereocenters. The number of carbonyl (C=O) groups is 1. The Kier molecular flexibility index (Phi) is 4.25. The van der Waals surface area contributed by atoms with Crippen molar-refractivity contribution in [2.75, 3.05) is 19.8 Å². The van der Waals surface area contributed by atoms with E-state index in [1.54, 1.807) is 0 Å². The maximum atomic E-state index is 13.3. The van der Waals surface area contributed by atoms with Crippen LogP contribution in [0.4, 0.5) is 8.78 Å². The molecule has 18 heavy (non-hydrogen) atoms. The molecule has 0 heterocycles. The van der Waals surface area contributed by atoms with Gasteiger partial charge in [-0.2, -0.15) is 0 Å². The Morgan fingerprint density at radius 3 is 2.89 bits per heavy atom. The molecule has 1 aliphatic carbocycles. The molecule has 0 bridgehead atoms. The highest BCUT2D eigenvalue weighted by Crippen LogP contribution is 2.28.